The first kappa shape index (κ1) is 29.8. The number of aromatic nitrogens is 1. The van der Waals surface area contributed by atoms with E-state index in [4.69, 9.17) is 27.6 Å². The van der Waals surface area contributed by atoms with Crippen LogP contribution in [0.15, 0.2) is 39.7 Å². The van der Waals surface area contributed by atoms with Crippen molar-refractivity contribution < 1.29 is 23.9 Å². The lowest BCUT2D eigenvalue weighted by Crippen LogP contribution is -2.33. The summed E-state index contributed by atoms with van der Waals surface area (Å²) in [6.45, 7) is 0.104. The fourth-order valence-electron chi connectivity index (χ4n) is 5.58. The Bertz CT molecular complexity index is 1580. The number of anilines is 1. The first-order chi connectivity index (χ1) is 20.2. The highest BCUT2D eigenvalue weighted by Gasteiger charge is 2.40. The molecule has 0 radical (unpaired) electrons. The van der Waals surface area contributed by atoms with E-state index in [-0.39, 0.29) is 45.9 Å². The van der Waals surface area contributed by atoms with Crippen LogP contribution in [0.2, 0.25) is 10.2 Å². The summed E-state index contributed by atoms with van der Waals surface area (Å²) in [4.78, 5) is 53.5. The number of nitrogens with one attached hydrogen (secondary N) is 4. The maximum absolute atomic E-state index is 12.4. The molecule has 2 fully saturated rings. The molecular weight excluding hydrogens is 585 g/mol. The lowest BCUT2D eigenvalue weighted by Gasteiger charge is -2.21. The number of rotatable bonds is 11. The maximum atomic E-state index is 12.4. The quantitative estimate of drug-likeness (QED) is 0.123. The number of fused-ring (bicyclic) bond motifs is 3. The molecule has 0 aliphatic carbocycles. The van der Waals surface area contributed by atoms with E-state index in [1.165, 1.54) is 24.6 Å². The summed E-state index contributed by atoms with van der Waals surface area (Å²) < 4.78 is 5.12. The van der Waals surface area contributed by atoms with Crippen LogP contribution in [0.25, 0.3) is 11.0 Å². The van der Waals surface area contributed by atoms with Crippen molar-refractivity contribution in [3.63, 3.8) is 0 Å². The third-order valence-corrected chi connectivity index (χ3v) is 8.33. The number of carbonyl (C=O) groups is 3. The van der Waals surface area contributed by atoms with Gasteiger partial charge in [0.2, 0.25) is 11.8 Å². The minimum Gasteiger partial charge on any atom is -0.506 e. The zero-order valence-corrected chi connectivity index (χ0v) is 24.2. The number of nitrogens with zero attached hydrogens (tertiary/aromatic N) is 1. The number of pyridine rings is 1. The summed E-state index contributed by atoms with van der Waals surface area (Å²) in [5.74, 6) is -1.12. The second kappa shape index (κ2) is 13.1. The Hall–Kier alpha value is -3.67. The summed E-state index contributed by atoms with van der Waals surface area (Å²) in [6.07, 6.45) is 7.14. The largest absolute Gasteiger partial charge is 0.506 e. The molecule has 2 bridgehead atoms. The predicted octanol–water partition coefficient (Wildman–Crippen LogP) is 3.85. The summed E-state index contributed by atoms with van der Waals surface area (Å²) in [5.41, 5.74) is 0.594. The number of aromatic hydroxyl groups is 1. The summed E-state index contributed by atoms with van der Waals surface area (Å²) in [5, 5.41) is 21.9. The van der Waals surface area contributed by atoms with E-state index in [1.807, 2.05) is 6.07 Å². The Morgan fingerprint density at radius 2 is 1.88 bits per heavy atom. The molecule has 13 heteroatoms. The lowest BCUT2D eigenvalue weighted by molar-refractivity contribution is -0.124. The van der Waals surface area contributed by atoms with Crippen molar-refractivity contribution in [2.45, 2.75) is 62.9 Å². The molecule has 1 aromatic carbocycles. The zero-order valence-electron chi connectivity index (χ0n) is 22.7. The van der Waals surface area contributed by atoms with Gasteiger partial charge in [-0.2, -0.15) is 0 Å². The van der Waals surface area contributed by atoms with Crippen molar-refractivity contribution >= 4 is 57.6 Å². The molecule has 3 amide bonds. The van der Waals surface area contributed by atoms with Gasteiger partial charge in [0, 0.05) is 48.6 Å². The van der Waals surface area contributed by atoms with Crippen molar-refractivity contribution in [1.82, 2.24) is 20.9 Å². The topological polar surface area (TPSA) is 163 Å². The van der Waals surface area contributed by atoms with Crippen LogP contribution in [0.5, 0.6) is 5.75 Å². The van der Waals surface area contributed by atoms with Gasteiger partial charge >= 0.3 is 5.63 Å². The fourth-order valence-corrected chi connectivity index (χ4v) is 5.90. The number of unbranched alkanes of at least 4 members (excludes halogenated alkanes) is 2. The van der Waals surface area contributed by atoms with E-state index in [2.05, 4.69) is 26.3 Å². The highest BCUT2D eigenvalue weighted by molar-refractivity contribution is 6.33. The van der Waals surface area contributed by atoms with Gasteiger partial charge in [-0.3, -0.25) is 14.4 Å². The fraction of sp³-hybridized carbons (Fsp3) is 0.414. The SMILES string of the molecule is O=C(CCCCCNC(=O)c1cc2cc(Cl)c(O)cc2oc1=O)NCC(=O)Nc1cc([C@H]2C[C@@H]3CC[C@H]2N3)cnc1Cl. The standard InChI is InChI=1S/C29H31Cl2N5O6/c30-20-9-15-8-19(29(41)42-24(15)12-23(20)37)28(40)32-7-3-1-2-4-25(38)33-14-26(39)36-22-10-16(13-34-27(22)31)18-11-17-5-6-21(18)35-17/h8-10,12-13,17-18,21,35,37H,1-7,11,14H2,(H,32,40)(H,33,38)(H,36,39)/t17-,18+,21+/m0/s1. The molecule has 3 atom stereocenters. The Labute approximate surface area is 251 Å². The van der Waals surface area contributed by atoms with E-state index in [0.29, 0.717) is 54.9 Å². The number of carbonyl (C=O) groups excluding carboxylic acids is 3. The normalized spacial score (nSPS) is 19.1. The van der Waals surface area contributed by atoms with Crippen LogP contribution in [0, 0.1) is 0 Å². The molecule has 2 aliphatic rings. The summed E-state index contributed by atoms with van der Waals surface area (Å²) in [6, 6.07) is 6.82. The molecular formula is C29H31Cl2N5O6. The van der Waals surface area contributed by atoms with E-state index in [9.17, 15) is 24.3 Å². The Morgan fingerprint density at radius 3 is 2.64 bits per heavy atom. The molecule has 2 aliphatic heterocycles. The van der Waals surface area contributed by atoms with Crippen LogP contribution >= 0.6 is 23.2 Å². The smallest absolute Gasteiger partial charge is 0.349 e. The minimum absolute atomic E-state index is 0.0720. The first-order valence-electron chi connectivity index (χ1n) is 13.9. The second-order valence-electron chi connectivity index (χ2n) is 10.7. The summed E-state index contributed by atoms with van der Waals surface area (Å²) >= 11 is 12.1. The number of amides is 3. The highest BCUT2D eigenvalue weighted by atomic mass is 35.5. The van der Waals surface area contributed by atoms with Gasteiger partial charge in [0.05, 0.1) is 17.3 Å². The maximum Gasteiger partial charge on any atom is 0.349 e. The van der Waals surface area contributed by atoms with Gasteiger partial charge in [-0.1, -0.05) is 29.6 Å². The Kier molecular flexibility index (Phi) is 9.30. The van der Waals surface area contributed by atoms with Gasteiger partial charge < -0.3 is 30.8 Å². The molecule has 222 valence electrons. The number of phenolic OH excluding ortho intramolecular Hbond substituents is 1. The van der Waals surface area contributed by atoms with Crippen molar-refractivity contribution in [3.8, 4) is 5.75 Å². The molecule has 0 unspecified atom stereocenters. The van der Waals surface area contributed by atoms with Crippen molar-refractivity contribution in [3.05, 3.63) is 62.2 Å². The van der Waals surface area contributed by atoms with Crippen LogP contribution in [-0.4, -0.2) is 53.0 Å². The van der Waals surface area contributed by atoms with Gasteiger partial charge in [-0.25, -0.2) is 9.78 Å². The molecule has 2 saturated heterocycles. The predicted molar refractivity (Wildman–Crippen MR) is 158 cm³/mol. The Balaban J connectivity index is 0.990. The monoisotopic (exact) mass is 615 g/mol. The van der Waals surface area contributed by atoms with Crippen molar-refractivity contribution in [2.75, 3.05) is 18.4 Å². The van der Waals surface area contributed by atoms with Gasteiger partial charge in [0.1, 0.15) is 16.9 Å². The third-order valence-electron chi connectivity index (χ3n) is 7.72. The van der Waals surface area contributed by atoms with Crippen LogP contribution < -0.4 is 26.9 Å². The van der Waals surface area contributed by atoms with E-state index >= 15 is 0 Å². The van der Waals surface area contributed by atoms with E-state index < -0.39 is 17.4 Å². The molecule has 3 aromatic rings. The molecule has 11 nitrogen and oxygen atoms in total. The molecule has 5 rings (SSSR count). The van der Waals surface area contributed by atoms with Crippen LogP contribution in [0.3, 0.4) is 0 Å². The number of hydrogen-bond donors (Lipinski definition) is 5. The highest BCUT2D eigenvalue weighted by Crippen LogP contribution is 2.40. The third kappa shape index (κ3) is 7.03. The number of benzene rings is 1. The molecule has 2 aromatic heterocycles. The summed E-state index contributed by atoms with van der Waals surface area (Å²) in [7, 11) is 0. The average Bonchev–Trinajstić information content (AvgIpc) is 3.60. The lowest BCUT2D eigenvalue weighted by atomic mass is 9.84. The minimum atomic E-state index is -0.827. The molecule has 5 N–H and O–H groups in total. The van der Waals surface area contributed by atoms with Crippen LogP contribution in [0.1, 0.15) is 66.8 Å². The molecule has 0 spiro atoms. The molecule has 4 heterocycles. The van der Waals surface area contributed by atoms with Crippen molar-refractivity contribution in [2.24, 2.45) is 0 Å². The van der Waals surface area contributed by atoms with Crippen LogP contribution in [-0.2, 0) is 9.59 Å². The average molecular weight is 617 g/mol. The molecule has 42 heavy (non-hydrogen) atoms. The van der Waals surface area contributed by atoms with Crippen molar-refractivity contribution in [1.29, 1.82) is 0 Å². The Morgan fingerprint density at radius 1 is 1.05 bits per heavy atom. The van der Waals surface area contributed by atoms with Gasteiger partial charge in [-0.15, -0.1) is 0 Å². The van der Waals surface area contributed by atoms with E-state index in [1.54, 1.807) is 6.20 Å². The number of halogens is 2. The number of phenols is 1. The zero-order chi connectivity index (χ0) is 29.8. The van der Waals surface area contributed by atoms with Gasteiger partial charge in [0.15, 0.2) is 5.15 Å². The van der Waals surface area contributed by atoms with Gasteiger partial charge in [0.25, 0.3) is 5.91 Å². The first-order valence-corrected chi connectivity index (χ1v) is 14.7. The van der Waals surface area contributed by atoms with E-state index in [0.717, 1.165) is 18.4 Å². The van der Waals surface area contributed by atoms with Crippen LogP contribution in [0.4, 0.5) is 5.69 Å². The van der Waals surface area contributed by atoms with Gasteiger partial charge in [-0.05, 0) is 55.9 Å². The molecule has 0 saturated carbocycles. The number of hydrogen-bond acceptors (Lipinski definition) is 8. The second-order valence-corrected chi connectivity index (χ2v) is 11.4.